The topological polar surface area (TPSA) is 20.3 Å². The first kappa shape index (κ1) is 11.1. The van der Waals surface area contributed by atoms with E-state index in [4.69, 9.17) is 0 Å². The number of carbonyl (C=O) groups is 1. The fourth-order valence-corrected chi connectivity index (χ4v) is 3.49. The van der Waals surface area contributed by atoms with Crippen molar-refractivity contribution in [2.75, 3.05) is 7.05 Å². The molecule has 1 saturated carbocycles. The highest BCUT2D eigenvalue weighted by Gasteiger charge is 2.40. The zero-order valence-electron chi connectivity index (χ0n) is 10.0. The molecule has 2 rings (SSSR count). The van der Waals surface area contributed by atoms with Gasteiger partial charge >= 0.3 is 0 Å². The van der Waals surface area contributed by atoms with Crippen LogP contribution in [-0.4, -0.2) is 29.8 Å². The maximum atomic E-state index is 11.5. The molecule has 0 aromatic heterocycles. The number of carbonyl (C=O) groups excluding carboxylic acids is 1. The number of ketones is 1. The maximum Gasteiger partial charge on any atom is 0.146 e. The molecule has 0 amide bonds. The summed E-state index contributed by atoms with van der Waals surface area (Å²) in [6.07, 6.45) is 9.30. The molecule has 15 heavy (non-hydrogen) atoms. The highest BCUT2D eigenvalue weighted by molar-refractivity contribution is 5.81. The Balaban J connectivity index is 2.06. The minimum absolute atomic E-state index is 0.220. The number of hydrogen-bond acceptors (Lipinski definition) is 2. The van der Waals surface area contributed by atoms with Crippen molar-refractivity contribution in [3.8, 4) is 0 Å². The van der Waals surface area contributed by atoms with Crippen LogP contribution in [0.3, 0.4) is 0 Å². The molecule has 2 heteroatoms. The van der Waals surface area contributed by atoms with Crippen molar-refractivity contribution in [2.45, 2.75) is 64.0 Å². The standard InChI is InChI=1S/C13H23NO/c1-10(15)13-9-11-7-5-3-4-6-8-12(11)14(13)2/h11-13H,3-9H2,1-2H3. The van der Waals surface area contributed by atoms with Crippen molar-refractivity contribution >= 4 is 5.78 Å². The molecule has 0 N–H and O–H groups in total. The van der Waals surface area contributed by atoms with Crippen LogP contribution < -0.4 is 0 Å². The monoisotopic (exact) mass is 209 g/mol. The van der Waals surface area contributed by atoms with Gasteiger partial charge in [0.05, 0.1) is 6.04 Å². The quantitative estimate of drug-likeness (QED) is 0.661. The van der Waals surface area contributed by atoms with E-state index in [-0.39, 0.29) is 6.04 Å². The third-order valence-corrected chi connectivity index (χ3v) is 4.38. The molecule has 3 atom stereocenters. The number of nitrogens with zero attached hydrogens (tertiary/aromatic N) is 1. The van der Waals surface area contributed by atoms with Gasteiger partial charge in [-0.15, -0.1) is 0 Å². The Kier molecular flexibility index (Phi) is 3.45. The van der Waals surface area contributed by atoms with E-state index in [2.05, 4.69) is 11.9 Å². The molecule has 3 unspecified atom stereocenters. The zero-order valence-corrected chi connectivity index (χ0v) is 10.0. The number of Topliss-reactive ketones (excluding diaryl/α,β-unsaturated/α-hetero) is 1. The number of rotatable bonds is 1. The van der Waals surface area contributed by atoms with Gasteiger partial charge in [-0.05, 0) is 39.2 Å². The van der Waals surface area contributed by atoms with Gasteiger partial charge in [-0.3, -0.25) is 9.69 Å². The van der Waals surface area contributed by atoms with Crippen molar-refractivity contribution in [3.05, 3.63) is 0 Å². The Bertz CT molecular complexity index is 239. The summed E-state index contributed by atoms with van der Waals surface area (Å²) in [7, 11) is 2.15. The zero-order chi connectivity index (χ0) is 10.8. The minimum Gasteiger partial charge on any atom is -0.298 e. The van der Waals surface area contributed by atoms with Gasteiger partial charge < -0.3 is 0 Å². The lowest BCUT2D eigenvalue weighted by atomic mass is 9.87. The van der Waals surface area contributed by atoms with Gasteiger partial charge in [0, 0.05) is 6.04 Å². The second-order valence-electron chi connectivity index (χ2n) is 5.35. The summed E-state index contributed by atoms with van der Waals surface area (Å²) in [6, 6.07) is 0.914. The summed E-state index contributed by atoms with van der Waals surface area (Å²) in [6.45, 7) is 1.75. The van der Waals surface area contributed by atoms with E-state index >= 15 is 0 Å². The van der Waals surface area contributed by atoms with Crippen LogP contribution in [0, 0.1) is 5.92 Å². The first-order chi connectivity index (χ1) is 7.20. The molecular weight excluding hydrogens is 186 g/mol. The van der Waals surface area contributed by atoms with Crippen LogP contribution in [0.4, 0.5) is 0 Å². The summed E-state index contributed by atoms with van der Waals surface area (Å²) in [5.74, 6) is 1.16. The van der Waals surface area contributed by atoms with Crippen LogP contribution in [0.25, 0.3) is 0 Å². The van der Waals surface area contributed by atoms with Crippen LogP contribution in [0.1, 0.15) is 51.9 Å². The predicted molar refractivity (Wildman–Crippen MR) is 61.8 cm³/mol. The molecule has 0 aromatic carbocycles. The smallest absolute Gasteiger partial charge is 0.146 e. The lowest BCUT2D eigenvalue weighted by Crippen LogP contribution is -2.37. The van der Waals surface area contributed by atoms with Crippen LogP contribution in [0.5, 0.6) is 0 Å². The molecule has 1 aliphatic carbocycles. The summed E-state index contributed by atoms with van der Waals surface area (Å²) in [5, 5.41) is 0. The number of likely N-dealkylation sites (tertiary alicyclic amines) is 1. The molecule has 0 radical (unpaired) electrons. The Labute approximate surface area is 93.0 Å². The second kappa shape index (κ2) is 4.65. The average Bonchev–Trinajstić information content (AvgIpc) is 2.42. The summed E-state index contributed by atoms with van der Waals surface area (Å²) < 4.78 is 0. The van der Waals surface area contributed by atoms with Crippen molar-refractivity contribution in [3.63, 3.8) is 0 Å². The predicted octanol–water partition coefficient (Wildman–Crippen LogP) is 2.62. The van der Waals surface area contributed by atoms with Crippen molar-refractivity contribution < 1.29 is 4.79 Å². The minimum atomic E-state index is 0.220. The molecule has 86 valence electrons. The lowest BCUT2D eigenvalue weighted by Gasteiger charge is -2.28. The first-order valence-electron chi connectivity index (χ1n) is 6.42. The van der Waals surface area contributed by atoms with Gasteiger partial charge in [-0.2, -0.15) is 0 Å². The normalized spacial score (nSPS) is 38.1. The average molecular weight is 209 g/mol. The van der Waals surface area contributed by atoms with Gasteiger partial charge in [0.2, 0.25) is 0 Å². The van der Waals surface area contributed by atoms with Crippen molar-refractivity contribution in [1.82, 2.24) is 4.90 Å². The van der Waals surface area contributed by atoms with E-state index < -0.39 is 0 Å². The van der Waals surface area contributed by atoms with Gasteiger partial charge in [-0.1, -0.05) is 25.7 Å². The van der Waals surface area contributed by atoms with Gasteiger partial charge in [0.15, 0.2) is 0 Å². The molecule has 1 aliphatic heterocycles. The molecule has 0 aromatic rings. The Morgan fingerprint density at radius 2 is 1.80 bits per heavy atom. The van der Waals surface area contributed by atoms with E-state index in [1.54, 1.807) is 6.92 Å². The highest BCUT2D eigenvalue weighted by Crippen LogP contribution is 2.37. The molecule has 2 nitrogen and oxygen atoms in total. The molecular formula is C13H23NO. The first-order valence-corrected chi connectivity index (χ1v) is 6.42. The highest BCUT2D eigenvalue weighted by atomic mass is 16.1. The van der Waals surface area contributed by atoms with Gasteiger partial charge in [-0.25, -0.2) is 0 Å². The summed E-state index contributed by atoms with van der Waals surface area (Å²) in [5.41, 5.74) is 0. The third kappa shape index (κ3) is 2.25. The van der Waals surface area contributed by atoms with E-state index in [9.17, 15) is 4.79 Å². The van der Waals surface area contributed by atoms with Gasteiger partial charge in [0.1, 0.15) is 5.78 Å². The SMILES string of the molecule is CC(=O)C1CC2CCCCCCC2N1C. The van der Waals surface area contributed by atoms with Crippen LogP contribution in [0.2, 0.25) is 0 Å². The van der Waals surface area contributed by atoms with E-state index in [0.717, 1.165) is 12.3 Å². The van der Waals surface area contributed by atoms with Crippen molar-refractivity contribution in [1.29, 1.82) is 0 Å². The second-order valence-corrected chi connectivity index (χ2v) is 5.35. The van der Waals surface area contributed by atoms with E-state index in [0.29, 0.717) is 11.8 Å². The van der Waals surface area contributed by atoms with Crippen LogP contribution >= 0.6 is 0 Å². The largest absolute Gasteiger partial charge is 0.298 e. The van der Waals surface area contributed by atoms with Gasteiger partial charge in [0.25, 0.3) is 0 Å². The summed E-state index contributed by atoms with van der Waals surface area (Å²) in [4.78, 5) is 13.9. The van der Waals surface area contributed by atoms with Crippen LogP contribution in [-0.2, 0) is 4.79 Å². The van der Waals surface area contributed by atoms with E-state index in [1.165, 1.54) is 38.5 Å². The number of likely N-dealkylation sites (N-methyl/N-ethyl adjacent to an activating group) is 1. The molecule has 1 saturated heterocycles. The maximum absolute atomic E-state index is 11.5. The van der Waals surface area contributed by atoms with Crippen LogP contribution in [0.15, 0.2) is 0 Å². The molecule has 2 aliphatic rings. The number of hydrogen-bond donors (Lipinski definition) is 0. The fourth-order valence-electron chi connectivity index (χ4n) is 3.49. The molecule has 1 heterocycles. The molecule has 2 fully saturated rings. The Morgan fingerprint density at radius 3 is 2.47 bits per heavy atom. The lowest BCUT2D eigenvalue weighted by molar-refractivity contribution is -0.121. The molecule has 0 bridgehead atoms. The fraction of sp³-hybridized carbons (Fsp3) is 0.923. The Hall–Kier alpha value is -0.370. The summed E-state index contributed by atoms with van der Waals surface area (Å²) >= 11 is 0. The Morgan fingerprint density at radius 1 is 1.13 bits per heavy atom. The van der Waals surface area contributed by atoms with E-state index in [1.807, 2.05) is 0 Å². The number of fused-ring (bicyclic) bond motifs is 1. The third-order valence-electron chi connectivity index (χ3n) is 4.38. The molecule has 0 spiro atoms. The van der Waals surface area contributed by atoms with Crippen molar-refractivity contribution in [2.24, 2.45) is 5.92 Å².